The summed E-state index contributed by atoms with van der Waals surface area (Å²) in [7, 11) is -4.22. The van der Waals surface area contributed by atoms with Crippen molar-refractivity contribution in [1.29, 1.82) is 0 Å². The number of aromatic nitrogens is 2. The summed E-state index contributed by atoms with van der Waals surface area (Å²) in [6.45, 7) is 0. The van der Waals surface area contributed by atoms with Crippen LogP contribution in [0.25, 0.3) is 5.69 Å². The lowest BCUT2D eigenvalue weighted by atomic mass is 10.1. The minimum atomic E-state index is -4.68. The van der Waals surface area contributed by atoms with Gasteiger partial charge in [0.15, 0.2) is 0 Å². The first-order chi connectivity index (χ1) is 12.2. The number of hydrogen-bond acceptors (Lipinski definition) is 3. The quantitative estimate of drug-likeness (QED) is 0.639. The van der Waals surface area contributed by atoms with Gasteiger partial charge in [0.25, 0.3) is 0 Å². The van der Waals surface area contributed by atoms with E-state index in [0.29, 0.717) is 0 Å². The van der Waals surface area contributed by atoms with Crippen molar-refractivity contribution in [2.45, 2.75) is 17.1 Å². The van der Waals surface area contributed by atoms with E-state index < -0.39 is 38.3 Å². The molecule has 3 aromatic rings. The maximum atomic E-state index is 13.4. The molecule has 0 spiro atoms. The first kappa shape index (κ1) is 18.1. The number of sulfone groups is 1. The fourth-order valence-corrected chi connectivity index (χ4v) is 4.01. The van der Waals surface area contributed by atoms with Crippen LogP contribution in [0.1, 0.15) is 11.1 Å². The molecule has 0 radical (unpaired) electrons. The van der Waals surface area contributed by atoms with Gasteiger partial charge in [0.05, 0.1) is 17.0 Å². The molecule has 136 valence electrons. The highest BCUT2D eigenvalue weighted by atomic mass is 32.2. The Balaban J connectivity index is 2.03. The van der Waals surface area contributed by atoms with Gasteiger partial charge in [0.2, 0.25) is 15.0 Å². The van der Waals surface area contributed by atoms with Crippen molar-refractivity contribution in [3.8, 4) is 5.69 Å². The molecular formula is C17H12F4N2O2S. The van der Waals surface area contributed by atoms with Crippen molar-refractivity contribution in [2.75, 3.05) is 0 Å². The summed E-state index contributed by atoms with van der Waals surface area (Å²) in [5.74, 6) is -1.46. The zero-order chi connectivity index (χ0) is 18.9. The van der Waals surface area contributed by atoms with Crippen molar-refractivity contribution >= 4 is 9.84 Å². The molecule has 9 heteroatoms. The van der Waals surface area contributed by atoms with Gasteiger partial charge in [-0.15, -0.1) is 0 Å². The van der Waals surface area contributed by atoms with Crippen molar-refractivity contribution in [3.63, 3.8) is 0 Å². The number of nitrogens with zero attached hydrogens (tertiary/aromatic N) is 2. The third kappa shape index (κ3) is 3.62. The molecule has 2 aromatic carbocycles. The molecule has 0 amide bonds. The fourth-order valence-electron chi connectivity index (χ4n) is 2.53. The van der Waals surface area contributed by atoms with Gasteiger partial charge in [-0.25, -0.2) is 17.8 Å². The summed E-state index contributed by atoms with van der Waals surface area (Å²) in [4.78, 5) is 3.75. The van der Waals surface area contributed by atoms with Gasteiger partial charge in [-0.3, -0.25) is 4.57 Å². The van der Waals surface area contributed by atoms with Crippen molar-refractivity contribution in [2.24, 2.45) is 0 Å². The molecule has 0 saturated heterocycles. The van der Waals surface area contributed by atoms with Gasteiger partial charge < -0.3 is 0 Å². The van der Waals surface area contributed by atoms with Gasteiger partial charge in [-0.2, -0.15) is 13.2 Å². The monoisotopic (exact) mass is 384 g/mol. The molecule has 0 aliphatic carbocycles. The molecule has 0 aliphatic rings. The number of hydrogen-bond donors (Lipinski definition) is 0. The molecule has 4 nitrogen and oxygen atoms in total. The van der Waals surface area contributed by atoms with Gasteiger partial charge in [-0.1, -0.05) is 24.3 Å². The van der Waals surface area contributed by atoms with Crippen molar-refractivity contribution in [3.05, 3.63) is 77.9 Å². The van der Waals surface area contributed by atoms with E-state index in [-0.39, 0.29) is 11.3 Å². The summed E-state index contributed by atoms with van der Waals surface area (Å²) in [5, 5.41) is -0.458. The lowest BCUT2D eigenvalue weighted by Crippen LogP contribution is -2.16. The van der Waals surface area contributed by atoms with E-state index in [1.807, 2.05) is 0 Å². The molecule has 0 aliphatic heterocycles. The number of halogens is 4. The zero-order valence-corrected chi connectivity index (χ0v) is 13.9. The standard InChI is InChI=1S/C17H12F4N2O2S/c18-13-5-3-6-14(10-13)23-9-8-22-16(23)26(24,25)11-12-4-1-2-7-15(12)17(19,20)21/h1-10H,11H2. The Morgan fingerprint density at radius 3 is 2.46 bits per heavy atom. The second-order valence-corrected chi connectivity index (χ2v) is 7.36. The van der Waals surface area contributed by atoms with Crippen LogP contribution < -0.4 is 0 Å². The smallest absolute Gasteiger partial charge is 0.291 e. The average molecular weight is 384 g/mol. The number of imidazole rings is 1. The molecule has 0 atom stereocenters. The third-order valence-corrected chi connectivity index (χ3v) is 5.19. The molecule has 0 saturated carbocycles. The van der Waals surface area contributed by atoms with E-state index in [2.05, 4.69) is 4.98 Å². The van der Waals surface area contributed by atoms with E-state index >= 15 is 0 Å². The van der Waals surface area contributed by atoms with Crippen molar-refractivity contribution < 1.29 is 26.0 Å². The van der Waals surface area contributed by atoms with E-state index in [1.54, 1.807) is 0 Å². The molecule has 0 fully saturated rings. The minimum absolute atomic E-state index is 0.199. The molecule has 1 aromatic heterocycles. The summed E-state index contributed by atoms with van der Waals surface area (Å²) < 4.78 is 79.2. The van der Waals surface area contributed by atoms with Crippen LogP contribution in [0.2, 0.25) is 0 Å². The summed E-state index contributed by atoms with van der Waals surface area (Å²) in [5.41, 5.74) is -1.20. The Kier molecular flexibility index (Phi) is 4.57. The zero-order valence-electron chi connectivity index (χ0n) is 13.1. The van der Waals surface area contributed by atoms with E-state index in [1.165, 1.54) is 42.7 Å². The first-order valence-electron chi connectivity index (χ1n) is 7.35. The van der Waals surface area contributed by atoms with Crippen LogP contribution in [0, 0.1) is 5.82 Å². The highest BCUT2D eigenvalue weighted by molar-refractivity contribution is 7.90. The van der Waals surface area contributed by atoms with E-state index in [9.17, 15) is 26.0 Å². The van der Waals surface area contributed by atoms with Crippen LogP contribution in [-0.2, 0) is 21.8 Å². The van der Waals surface area contributed by atoms with Gasteiger partial charge in [-0.05, 0) is 29.8 Å². The van der Waals surface area contributed by atoms with Crippen LogP contribution in [0.15, 0.2) is 66.1 Å². The largest absolute Gasteiger partial charge is 0.416 e. The molecular weight excluding hydrogens is 372 g/mol. The Morgan fingerprint density at radius 2 is 1.77 bits per heavy atom. The van der Waals surface area contributed by atoms with Crippen LogP contribution >= 0.6 is 0 Å². The SMILES string of the molecule is O=S(=O)(Cc1ccccc1C(F)(F)F)c1nccn1-c1cccc(F)c1. The predicted octanol–water partition coefficient (Wildman–Crippen LogP) is 4.00. The van der Waals surface area contributed by atoms with Gasteiger partial charge in [0, 0.05) is 12.4 Å². The molecule has 26 heavy (non-hydrogen) atoms. The van der Waals surface area contributed by atoms with Crippen LogP contribution in [0.4, 0.5) is 17.6 Å². The molecule has 1 heterocycles. The first-order valence-corrected chi connectivity index (χ1v) is 9.01. The number of alkyl halides is 3. The highest BCUT2D eigenvalue weighted by Crippen LogP contribution is 2.33. The van der Waals surface area contributed by atoms with E-state index in [4.69, 9.17) is 0 Å². The Bertz CT molecular complexity index is 1040. The summed E-state index contributed by atoms with van der Waals surface area (Å²) in [6, 6.07) is 9.59. The van der Waals surface area contributed by atoms with Crippen LogP contribution in [0.3, 0.4) is 0 Å². The third-order valence-electron chi connectivity index (χ3n) is 3.64. The van der Waals surface area contributed by atoms with Gasteiger partial charge in [0.1, 0.15) is 5.82 Å². The molecule has 3 rings (SSSR count). The maximum absolute atomic E-state index is 13.4. The number of benzene rings is 2. The Hall–Kier alpha value is -2.68. The lowest BCUT2D eigenvalue weighted by molar-refractivity contribution is -0.138. The topological polar surface area (TPSA) is 52.0 Å². The Labute approximate surface area is 146 Å². The maximum Gasteiger partial charge on any atom is 0.416 e. The second-order valence-electron chi connectivity index (χ2n) is 5.47. The molecule has 0 unspecified atom stereocenters. The molecule has 0 bridgehead atoms. The predicted molar refractivity (Wildman–Crippen MR) is 85.9 cm³/mol. The lowest BCUT2D eigenvalue weighted by Gasteiger charge is -2.13. The van der Waals surface area contributed by atoms with Crippen LogP contribution in [0.5, 0.6) is 0 Å². The average Bonchev–Trinajstić information content (AvgIpc) is 3.04. The fraction of sp³-hybridized carbons (Fsp3) is 0.118. The summed E-state index contributed by atoms with van der Waals surface area (Å²) in [6.07, 6.45) is -2.19. The normalized spacial score (nSPS) is 12.3. The van der Waals surface area contributed by atoms with E-state index in [0.717, 1.165) is 22.8 Å². The Morgan fingerprint density at radius 1 is 1.04 bits per heavy atom. The highest BCUT2D eigenvalue weighted by Gasteiger charge is 2.35. The van der Waals surface area contributed by atoms with Crippen molar-refractivity contribution in [1.82, 2.24) is 9.55 Å². The summed E-state index contributed by atoms with van der Waals surface area (Å²) >= 11 is 0. The van der Waals surface area contributed by atoms with Gasteiger partial charge >= 0.3 is 6.18 Å². The number of rotatable bonds is 4. The van der Waals surface area contributed by atoms with Crippen LogP contribution in [-0.4, -0.2) is 18.0 Å². The minimum Gasteiger partial charge on any atom is -0.291 e. The second kappa shape index (κ2) is 6.56. The molecule has 0 N–H and O–H groups in total.